The van der Waals surface area contributed by atoms with Crippen LogP contribution in [-0.2, 0) is 0 Å². The fraction of sp³-hybridized carbons (Fsp3) is 0.308. The van der Waals surface area contributed by atoms with E-state index in [1.165, 1.54) is 7.11 Å². The van der Waals surface area contributed by atoms with Gasteiger partial charge in [-0.1, -0.05) is 23.8 Å². The Balaban J connectivity index is 2.30. The Labute approximate surface area is 105 Å². The van der Waals surface area contributed by atoms with Crippen LogP contribution in [0.3, 0.4) is 0 Å². The molecule has 0 saturated carbocycles. The SMILES string of the molecule is COc1ccc(Cl)cc1C(=O)C1C=CC(N)C1. The minimum atomic E-state index is -0.169. The van der Waals surface area contributed by atoms with Gasteiger partial charge in [-0.2, -0.15) is 0 Å². The molecule has 4 heteroatoms. The number of halogens is 1. The summed E-state index contributed by atoms with van der Waals surface area (Å²) in [6.45, 7) is 0. The van der Waals surface area contributed by atoms with Gasteiger partial charge in [-0.25, -0.2) is 0 Å². The van der Waals surface area contributed by atoms with Crippen LogP contribution < -0.4 is 10.5 Å². The summed E-state index contributed by atoms with van der Waals surface area (Å²) >= 11 is 5.90. The maximum Gasteiger partial charge on any atom is 0.173 e. The van der Waals surface area contributed by atoms with Crippen LogP contribution in [0.2, 0.25) is 5.02 Å². The largest absolute Gasteiger partial charge is 0.496 e. The average Bonchev–Trinajstić information content (AvgIpc) is 2.75. The minimum Gasteiger partial charge on any atom is -0.496 e. The number of hydrogen-bond acceptors (Lipinski definition) is 3. The molecule has 0 fully saturated rings. The van der Waals surface area contributed by atoms with Gasteiger partial charge in [-0.15, -0.1) is 0 Å². The summed E-state index contributed by atoms with van der Waals surface area (Å²) in [6.07, 6.45) is 4.36. The summed E-state index contributed by atoms with van der Waals surface area (Å²) in [4.78, 5) is 12.3. The van der Waals surface area contributed by atoms with Crippen molar-refractivity contribution in [1.29, 1.82) is 0 Å². The monoisotopic (exact) mass is 251 g/mol. The number of Topliss-reactive ketones (excluding diaryl/α,β-unsaturated/α-hetero) is 1. The molecule has 0 bridgehead atoms. The predicted octanol–water partition coefficient (Wildman–Crippen LogP) is 2.43. The van der Waals surface area contributed by atoms with E-state index in [1.54, 1.807) is 18.2 Å². The van der Waals surface area contributed by atoms with Crippen molar-refractivity contribution in [3.63, 3.8) is 0 Å². The zero-order chi connectivity index (χ0) is 12.4. The maximum atomic E-state index is 12.3. The lowest BCUT2D eigenvalue weighted by atomic mass is 9.96. The first kappa shape index (κ1) is 12.1. The molecule has 0 saturated heterocycles. The second-order valence-electron chi connectivity index (χ2n) is 4.10. The number of allylic oxidation sites excluding steroid dienone is 1. The van der Waals surface area contributed by atoms with Crippen LogP contribution in [-0.4, -0.2) is 18.9 Å². The number of benzene rings is 1. The van der Waals surface area contributed by atoms with Gasteiger partial charge in [0.1, 0.15) is 5.75 Å². The molecular weight excluding hydrogens is 238 g/mol. The molecule has 0 amide bonds. The highest BCUT2D eigenvalue weighted by Crippen LogP contribution is 2.28. The van der Waals surface area contributed by atoms with Crippen LogP contribution in [0.1, 0.15) is 16.8 Å². The third-order valence-corrected chi connectivity index (χ3v) is 3.12. The lowest BCUT2D eigenvalue weighted by molar-refractivity contribution is 0.0940. The zero-order valence-electron chi connectivity index (χ0n) is 9.52. The number of rotatable bonds is 3. The molecular formula is C13H14ClNO2. The summed E-state index contributed by atoms with van der Waals surface area (Å²) in [5.41, 5.74) is 6.26. The van der Waals surface area contributed by atoms with Gasteiger partial charge in [-0.05, 0) is 24.6 Å². The van der Waals surface area contributed by atoms with E-state index in [0.717, 1.165) is 0 Å². The van der Waals surface area contributed by atoms with Crippen molar-refractivity contribution in [2.45, 2.75) is 12.5 Å². The van der Waals surface area contributed by atoms with Crippen LogP contribution in [0, 0.1) is 5.92 Å². The highest BCUT2D eigenvalue weighted by Gasteiger charge is 2.26. The van der Waals surface area contributed by atoms with E-state index >= 15 is 0 Å². The number of carbonyl (C=O) groups excluding carboxylic acids is 1. The quantitative estimate of drug-likeness (QED) is 0.663. The van der Waals surface area contributed by atoms with Crippen LogP contribution in [0.25, 0.3) is 0 Å². The van der Waals surface area contributed by atoms with E-state index in [-0.39, 0.29) is 17.7 Å². The predicted molar refractivity (Wildman–Crippen MR) is 67.6 cm³/mol. The lowest BCUT2D eigenvalue weighted by Gasteiger charge is -2.12. The van der Waals surface area contributed by atoms with Crippen molar-refractivity contribution in [2.75, 3.05) is 7.11 Å². The molecule has 0 aliphatic heterocycles. The third-order valence-electron chi connectivity index (χ3n) is 2.88. The van der Waals surface area contributed by atoms with E-state index in [9.17, 15) is 4.79 Å². The topological polar surface area (TPSA) is 52.3 Å². The summed E-state index contributed by atoms with van der Waals surface area (Å²) in [7, 11) is 1.54. The lowest BCUT2D eigenvalue weighted by Crippen LogP contribution is -2.19. The number of methoxy groups -OCH3 is 1. The van der Waals surface area contributed by atoms with Gasteiger partial charge in [0.25, 0.3) is 0 Å². The fourth-order valence-electron chi connectivity index (χ4n) is 1.99. The van der Waals surface area contributed by atoms with Gasteiger partial charge < -0.3 is 10.5 Å². The van der Waals surface area contributed by atoms with E-state index in [0.29, 0.717) is 22.8 Å². The number of carbonyl (C=O) groups is 1. The second-order valence-corrected chi connectivity index (χ2v) is 4.54. The fourth-order valence-corrected chi connectivity index (χ4v) is 2.17. The van der Waals surface area contributed by atoms with E-state index in [2.05, 4.69) is 0 Å². The minimum absolute atomic E-state index is 0.00792. The van der Waals surface area contributed by atoms with Crippen molar-refractivity contribution in [1.82, 2.24) is 0 Å². The molecule has 0 heterocycles. The van der Waals surface area contributed by atoms with Crippen LogP contribution in [0.4, 0.5) is 0 Å². The first-order valence-corrected chi connectivity index (χ1v) is 5.81. The van der Waals surface area contributed by atoms with Gasteiger partial charge in [-0.3, -0.25) is 4.79 Å². The van der Waals surface area contributed by atoms with Gasteiger partial charge in [0.15, 0.2) is 5.78 Å². The Bertz CT molecular complexity index is 470. The van der Waals surface area contributed by atoms with Crippen molar-refractivity contribution in [3.8, 4) is 5.75 Å². The molecule has 0 aromatic heterocycles. The first-order valence-electron chi connectivity index (χ1n) is 5.43. The van der Waals surface area contributed by atoms with Crippen LogP contribution in [0.5, 0.6) is 5.75 Å². The molecule has 1 aliphatic rings. The maximum absolute atomic E-state index is 12.3. The normalized spacial score (nSPS) is 22.8. The smallest absolute Gasteiger partial charge is 0.173 e. The van der Waals surface area contributed by atoms with Gasteiger partial charge in [0.2, 0.25) is 0 Å². The molecule has 2 N–H and O–H groups in total. The molecule has 2 rings (SSSR count). The molecule has 90 valence electrons. The molecule has 3 nitrogen and oxygen atoms in total. The van der Waals surface area contributed by atoms with Gasteiger partial charge in [0.05, 0.1) is 12.7 Å². The molecule has 1 aromatic carbocycles. The first-order chi connectivity index (χ1) is 8.11. The highest BCUT2D eigenvalue weighted by atomic mass is 35.5. The van der Waals surface area contributed by atoms with Crippen molar-refractivity contribution >= 4 is 17.4 Å². The van der Waals surface area contributed by atoms with Crippen molar-refractivity contribution in [2.24, 2.45) is 11.7 Å². The summed E-state index contributed by atoms with van der Waals surface area (Å²) in [6, 6.07) is 5.01. The number of ketones is 1. The van der Waals surface area contributed by atoms with E-state index in [4.69, 9.17) is 22.1 Å². The molecule has 0 radical (unpaired) electrons. The standard InChI is InChI=1S/C13H14ClNO2/c1-17-12-5-3-9(14)7-11(12)13(16)8-2-4-10(15)6-8/h2-5,7-8,10H,6,15H2,1H3. The van der Waals surface area contributed by atoms with Gasteiger partial charge >= 0.3 is 0 Å². The Kier molecular flexibility index (Phi) is 3.50. The third kappa shape index (κ3) is 2.51. The van der Waals surface area contributed by atoms with Crippen LogP contribution >= 0.6 is 11.6 Å². The molecule has 2 atom stereocenters. The Hall–Kier alpha value is -1.32. The average molecular weight is 252 g/mol. The number of nitrogens with two attached hydrogens (primary N) is 1. The van der Waals surface area contributed by atoms with E-state index in [1.807, 2.05) is 12.2 Å². The molecule has 2 unspecified atom stereocenters. The zero-order valence-corrected chi connectivity index (χ0v) is 10.3. The Morgan fingerprint density at radius 3 is 2.82 bits per heavy atom. The van der Waals surface area contributed by atoms with Crippen LogP contribution in [0.15, 0.2) is 30.4 Å². The Morgan fingerprint density at radius 2 is 2.24 bits per heavy atom. The number of ether oxygens (including phenoxy) is 1. The highest BCUT2D eigenvalue weighted by molar-refractivity contribution is 6.31. The second kappa shape index (κ2) is 4.90. The Morgan fingerprint density at radius 1 is 1.47 bits per heavy atom. The van der Waals surface area contributed by atoms with Crippen molar-refractivity contribution in [3.05, 3.63) is 40.9 Å². The summed E-state index contributed by atoms with van der Waals surface area (Å²) in [5, 5.41) is 0.528. The molecule has 0 spiro atoms. The molecule has 1 aliphatic carbocycles. The molecule has 17 heavy (non-hydrogen) atoms. The van der Waals surface area contributed by atoms with Gasteiger partial charge in [0, 0.05) is 17.0 Å². The summed E-state index contributed by atoms with van der Waals surface area (Å²) in [5.74, 6) is 0.388. The molecule has 1 aromatic rings. The van der Waals surface area contributed by atoms with E-state index < -0.39 is 0 Å². The summed E-state index contributed by atoms with van der Waals surface area (Å²) < 4.78 is 5.17. The number of hydrogen-bond donors (Lipinski definition) is 1. The van der Waals surface area contributed by atoms with Crippen molar-refractivity contribution < 1.29 is 9.53 Å².